The zero-order valence-corrected chi connectivity index (χ0v) is 12.0. The molecule has 0 radical (unpaired) electrons. The lowest BCUT2D eigenvalue weighted by atomic mass is 10.2. The van der Waals surface area contributed by atoms with Crippen molar-refractivity contribution in [1.82, 2.24) is 5.43 Å². The Morgan fingerprint density at radius 2 is 1.95 bits per heavy atom. The molecule has 100 valence electrons. The molecule has 0 unspecified atom stereocenters. The van der Waals surface area contributed by atoms with Gasteiger partial charge < -0.3 is 10.2 Å². The van der Waals surface area contributed by atoms with Crippen LogP contribution in [0.3, 0.4) is 0 Å². The lowest BCUT2D eigenvalue weighted by Gasteiger charge is -2.11. The van der Waals surface area contributed by atoms with Gasteiger partial charge in [-0.25, -0.2) is 9.82 Å². The normalized spacial score (nSPS) is 10.3. The number of nitrogens with one attached hydrogen (secondary N) is 2. The van der Waals surface area contributed by atoms with Gasteiger partial charge in [0.1, 0.15) is 11.6 Å². The molecule has 19 heavy (non-hydrogen) atoms. The lowest BCUT2D eigenvalue weighted by molar-refractivity contribution is 0.408. The Morgan fingerprint density at radius 3 is 2.63 bits per heavy atom. The van der Waals surface area contributed by atoms with Crippen LogP contribution in [0.25, 0.3) is 0 Å². The van der Waals surface area contributed by atoms with E-state index in [0.717, 1.165) is 10.2 Å². The molecule has 0 aliphatic carbocycles. The van der Waals surface area contributed by atoms with Crippen molar-refractivity contribution in [3.05, 3.63) is 58.3 Å². The SMILES string of the molecule is COc1cc(F)c(CNNc2ccccc2)cc1Br. The number of benzene rings is 2. The van der Waals surface area contributed by atoms with Crippen LogP contribution in [0.5, 0.6) is 5.75 Å². The van der Waals surface area contributed by atoms with Crippen LogP contribution < -0.4 is 15.6 Å². The number of hydrazine groups is 1. The Balaban J connectivity index is 1.98. The molecule has 0 amide bonds. The third-order valence-corrected chi connectivity index (χ3v) is 3.23. The fourth-order valence-electron chi connectivity index (χ4n) is 1.62. The summed E-state index contributed by atoms with van der Waals surface area (Å²) in [5.41, 5.74) is 7.46. The molecule has 2 aromatic rings. The number of ether oxygens (including phenoxy) is 1. The van der Waals surface area contributed by atoms with E-state index in [-0.39, 0.29) is 5.82 Å². The van der Waals surface area contributed by atoms with Crippen LogP contribution in [0.1, 0.15) is 5.56 Å². The predicted octanol–water partition coefficient (Wildman–Crippen LogP) is 3.71. The van der Waals surface area contributed by atoms with Crippen molar-refractivity contribution >= 4 is 21.6 Å². The highest BCUT2D eigenvalue weighted by molar-refractivity contribution is 9.10. The molecule has 0 atom stereocenters. The molecule has 0 heterocycles. The van der Waals surface area contributed by atoms with Crippen molar-refractivity contribution < 1.29 is 9.13 Å². The average Bonchev–Trinajstić information content (AvgIpc) is 2.43. The smallest absolute Gasteiger partial charge is 0.135 e. The Kier molecular flexibility index (Phi) is 4.76. The maximum absolute atomic E-state index is 13.8. The second-order valence-corrected chi connectivity index (χ2v) is 4.78. The van der Waals surface area contributed by atoms with Crippen molar-refractivity contribution in [3.63, 3.8) is 0 Å². The van der Waals surface area contributed by atoms with E-state index in [4.69, 9.17) is 4.74 Å². The largest absolute Gasteiger partial charge is 0.495 e. The zero-order valence-electron chi connectivity index (χ0n) is 10.4. The first-order valence-corrected chi connectivity index (χ1v) is 6.56. The summed E-state index contributed by atoms with van der Waals surface area (Å²) in [6, 6.07) is 12.7. The number of anilines is 1. The second-order valence-electron chi connectivity index (χ2n) is 3.92. The summed E-state index contributed by atoms with van der Waals surface area (Å²) in [7, 11) is 1.51. The minimum absolute atomic E-state index is 0.303. The van der Waals surface area contributed by atoms with Gasteiger partial charge in [-0.15, -0.1) is 0 Å². The number of halogens is 2. The summed E-state index contributed by atoms with van der Waals surface area (Å²) < 4.78 is 19.5. The average molecular weight is 325 g/mol. The van der Waals surface area contributed by atoms with E-state index in [1.165, 1.54) is 13.2 Å². The minimum atomic E-state index is -0.303. The van der Waals surface area contributed by atoms with Gasteiger partial charge in [0.15, 0.2) is 0 Å². The van der Waals surface area contributed by atoms with Gasteiger partial charge in [0.05, 0.1) is 11.6 Å². The van der Waals surface area contributed by atoms with Crippen molar-refractivity contribution in [2.45, 2.75) is 6.54 Å². The first-order chi connectivity index (χ1) is 9.20. The maximum atomic E-state index is 13.8. The third-order valence-electron chi connectivity index (χ3n) is 2.61. The second kappa shape index (κ2) is 6.54. The number of hydrogen-bond donors (Lipinski definition) is 2. The summed E-state index contributed by atoms with van der Waals surface area (Å²) in [5, 5.41) is 0. The highest BCUT2D eigenvalue weighted by Gasteiger charge is 2.08. The third kappa shape index (κ3) is 3.68. The molecule has 0 fully saturated rings. The van der Waals surface area contributed by atoms with E-state index in [1.54, 1.807) is 6.07 Å². The summed E-state index contributed by atoms with van der Waals surface area (Å²) >= 11 is 3.34. The van der Waals surface area contributed by atoms with Gasteiger partial charge in [-0.05, 0) is 34.1 Å². The monoisotopic (exact) mass is 324 g/mol. The molecule has 0 saturated heterocycles. The number of methoxy groups -OCH3 is 1. The van der Waals surface area contributed by atoms with Gasteiger partial charge in [0.2, 0.25) is 0 Å². The van der Waals surface area contributed by atoms with Crippen LogP contribution in [-0.4, -0.2) is 7.11 Å². The maximum Gasteiger partial charge on any atom is 0.135 e. The highest BCUT2D eigenvalue weighted by Crippen LogP contribution is 2.27. The molecule has 3 nitrogen and oxygen atoms in total. The number of hydrogen-bond acceptors (Lipinski definition) is 3. The first kappa shape index (κ1) is 13.8. The fourth-order valence-corrected chi connectivity index (χ4v) is 2.18. The van der Waals surface area contributed by atoms with Gasteiger partial charge in [0.25, 0.3) is 0 Å². The summed E-state index contributed by atoms with van der Waals surface area (Å²) in [4.78, 5) is 0. The molecule has 2 N–H and O–H groups in total. The number of para-hydroxylation sites is 1. The van der Waals surface area contributed by atoms with Crippen molar-refractivity contribution in [1.29, 1.82) is 0 Å². The molecule has 0 aliphatic heterocycles. The van der Waals surface area contributed by atoms with Crippen LogP contribution in [0.2, 0.25) is 0 Å². The van der Waals surface area contributed by atoms with E-state index >= 15 is 0 Å². The summed E-state index contributed by atoms with van der Waals surface area (Å²) in [5.74, 6) is 0.180. The van der Waals surface area contributed by atoms with Gasteiger partial charge in [0, 0.05) is 23.9 Å². The summed E-state index contributed by atoms with van der Waals surface area (Å²) in [6.45, 7) is 0.364. The lowest BCUT2D eigenvalue weighted by Crippen LogP contribution is -2.21. The highest BCUT2D eigenvalue weighted by atomic mass is 79.9. The topological polar surface area (TPSA) is 33.3 Å². The van der Waals surface area contributed by atoms with E-state index in [0.29, 0.717) is 17.9 Å². The van der Waals surface area contributed by atoms with Crippen molar-refractivity contribution in [2.75, 3.05) is 12.5 Å². The van der Waals surface area contributed by atoms with Crippen LogP contribution in [0.4, 0.5) is 10.1 Å². The van der Waals surface area contributed by atoms with Crippen molar-refractivity contribution in [2.24, 2.45) is 0 Å². The van der Waals surface area contributed by atoms with E-state index in [2.05, 4.69) is 26.8 Å². The standard InChI is InChI=1S/C14H14BrFN2O/c1-19-14-8-13(16)10(7-12(14)15)9-17-18-11-5-3-2-4-6-11/h2-8,17-18H,9H2,1H3. The molecule has 0 aromatic heterocycles. The quantitative estimate of drug-likeness (QED) is 0.822. The Morgan fingerprint density at radius 1 is 1.21 bits per heavy atom. The predicted molar refractivity (Wildman–Crippen MR) is 77.6 cm³/mol. The van der Waals surface area contributed by atoms with E-state index in [9.17, 15) is 4.39 Å². The van der Waals surface area contributed by atoms with E-state index in [1.807, 2.05) is 30.3 Å². The fraction of sp³-hybridized carbons (Fsp3) is 0.143. The molecule has 0 bridgehead atoms. The molecule has 2 rings (SSSR count). The minimum Gasteiger partial charge on any atom is -0.495 e. The molecule has 0 aliphatic rings. The van der Waals surface area contributed by atoms with Gasteiger partial charge in [-0.1, -0.05) is 18.2 Å². The Bertz CT molecular complexity index is 549. The van der Waals surface area contributed by atoms with Crippen molar-refractivity contribution in [3.8, 4) is 5.75 Å². The van der Waals surface area contributed by atoms with Gasteiger partial charge >= 0.3 is 0 Å². The van der Waals surface area contributed by atoms with Gasteiger partial charge in [-0.3, -0.25) is 0 Å². The molecular weight excluding hydrogens is 311 g/mol. The number of rotatable bonds is 5. The Labute approximate surface area is 119 Å². The van der Waals surface area contributed by atoms with Crippen LogP contribution in [0, 0.1) is 5.82 Å². The molecule has 0 saturated carbocycles. The molecule has 0 spiro atoms. The molecule has 2 aromatic carbocycles. The van der Waals surface area contributed by atoms with Gasteiger partial charge in [-0.2, -0.15) is 0 Å². The van der Waals surface area contributed by atoms with Crippen LogP contribution >= 0.6 is 15.9 Å². The van der Waals surface area contributed by atoms with E-state index < -0.39 is 0 Å². The van der Waals surface area contributed by atoms with Crippen LogP contribution in [0.15, 0.2) is 46.9 Å². The molecular formula is C14H14BrFN2O. The summed E-state index contributed by atoms with van der Waals surface area (Å²) in [6.07, 6.45) is 0. The molecule has 5 heteroatoms. The Hall–Kier alpha value is -1.59. The first-order valence-electron chi connectivity index (χ1n) is 5.76. The van der Waals surface area contributed by atoms with Crippen LogP contribution in [-0.2, 0) is 6.54 Å². The zero-order chi connectivity index (χ0) is 13.7.